The van der Waals surface area contributed by atoms with E-state index in [1.807, 2.05) is 30.3 Å². The molecule has 0 saturated carbocycles. The molecule has 3 aromatic rings. The summed E-state index contributed by atoms with van der Waals surface area (Å²) >= 11 is 1.01. The number of nitrogens with zero attached hydrogens (tertiary/aromatic N) is 2. The average Bonchev–Trinajstić information content (AvgIpc) is 2.62. The van der Waals surface area contributed by atoms with Crippen molar-refractivity contribution in [2.75, 3.05) is 11.9 Å². The van der Waals surface area contributed by atoms with Crippen LogP contribution in [-0.4, -0.2) is 17.9 Å². The Morgan fingerprint density at radius 1 is 1.08 bits per heavy atom. The lowest BCUT2D eigenvalue weighted by atomic mass is 10.1. The predicted molar refractivity (Wildman–Crippen MR) is 98.7 cm³/mol. The average molecular weight is 338 g/mol. The molecule has 0 unspecified atom stereocenters. The molecule has 0 N–H and O–H groups in total. The second-order valence-corrected chi connectivity index (χ2v) is 6.53. The number of fused-ring (bicyclic) bond motifs is 1. The molecule has 0 aliphatic rings. The number of rotatable bonds is 5. The lowest BCUT2D eigenvalue weighted by molar-refractivity contribution is -0.118. The fraction of sp³-hybridized carbons (Fsp3) is 0.211. The third kappa shape index (κ3) is 3.68. The van der Waals surface area contributed by atoms with Crippen molar-refractivity contribution in [1.29, 1.82) is 0 Å². The van der Waals surface area contributed by atoms with E-state index in [0.29, 0.717) is 22.5 Å². The van der Waals surface area contributed by atoms with Crippen molar-refractivity contribution in [1.82, 2.24) is 4.98 Å². The maximum absolute atomic E-state index is 12.4. The number of para-hydroxylation sites is 1. The Bertz CT molecular complexity index is 906. The van der Waals surface area contributed by atoms with E-state index >= 15 is 0 Å². The van der Waals surface area contributed by atoms with Crippen LogP contribution >= 0.6 is 11.3 Å². The fourth-order valence-electron chi connectivity index (χ4n) is 2.51. The van der Waals surface area contributed by atoms with E-state index in [1.165, 1.54) is 10.5 Å². The van der Waals surface area contributed by atoms with Gasteiger partial charge in [0, 0.05) is 13.5 Å². The molecule has 0 aliphatic carbocycles. The number of aryl methyl sites for hydroxylation is 1. The number of hydrogen-bond donors (Lipinski definition) is 0. The van der Waals surface area contributed by atoms with E-state index < -0.39 is 0 Å². The first-order valence-electron chi connectivity index (χ1n) is 7.85. The van der Waals surface area contributed by atoms with E-state index in [-0.39, 0.29) is 10.6 Å². The summed E-state index contributed by atoms with van der Waals surface area (Å²) in [7, 11) is 1.68. The van der Waals surface area contributed by atoms with Gasteiger partial charge in [-0.3, -0.25) is 14.5 Å². The lowest BCUT2D eigenvalue weighted by Gasteiger charge is -2.15. The second kappa shape index (κ2) is 7.36. The van der Waals surface area contributed by atoms with Crippen molar-refractivity contribution in [2.45, 2.75) is 19.3 Å². The predicted octanol–water partition coefficient (Wildman–Crippen LogP) is 3.64. The Hall–Kier alpha value is -2.53. The summed E-state index contributed by atoms with van der Waals surface area (Å²) in [6, 6.07) is 17.3. The molecule has 0 bridgehead atoms. The molecule has 0 fully saturated rings. The monoisotopic (exact) mass is 338 g/mol. The third-order valence-corrected chi connectivity index (χ3v) is 4.84. The summed E-state index contributed by atoms with van der Waals surface area (Å²) in [4.78, 5) is 30.5. The summed E-state index contributed by atoms with van der Waals surface area (Å²) in [5.74, 6) is -0.0237. The first-order valence-corrected chi connectivity index (χ1v) is 8.67. The molecule has 1 amide bonds. The number of benzene rings is 2. The molecule has 1 heterocycles. The Labute approximate surface area is 144 Å². The number of carbonyl (C=O) groups excluding carboxylic acids is 1. The lowest BCUT2D eigenvalue weighted by Crippen LogP contribution is -2.27. The van der Waals surface area contributed by atoms with Crippen molar-refractivity contribution in [3.8, 4) is 0 Å². The molecule has 0 aliphatic heterocycles. The Balaban J connectivity index is 1.68. The SMILES string of the molecule is CN(C(=O)CCCc1ccccc1)c1nc2ccccc2c(=O)s1. The zero-order valence-electron chi connectivity index (χ0n) is 13.4. The Kier molecular flexibility index (Phi) is 5.01. The van der Waals surface area contributed by atoms with Gasteiger partial charge in [0.25, 0.3) is 0 Å². The normalized spacial score (nSPS) is 10.7. The maximum Gasteiger partial charge on any atom is 0.245 e. The summed E-state index contributed by atoms with van der Waals surface area (Å²) < 4.78 is -0.0699. The van der Waals surface area contributed by atoms with Gasteiger partial charge in [-0.25, -0.2) is 4.98 Å². The molecule has 122 valence electrons. The summed E-state index contributed by atoms with van der Waals surface area (Å²) in [6.07, 6.45) is 2.07. The van der Waals surface area contributed by atoms with Gasteiger partial charge in [-0.05, 0) is 30.5 Å². The topological polar surface area (TPSA) is 50.3 Å². The standard InChI is InChI=1S/C19H18N2O2S/c1-21(17(22)13-7-10-14-8-3-2-4-9-14)19-20-16-12-6-5-11-15(16)18(23)24-19/h2-6,8-9,11-12H,7,10,13H2,1H3. The highest BCUT2D eigenvalue weighted by molar-refractivity contribution is 7.13. The molecule has 0 spiro atoms. The molecule has 0 radical (unpaired) electrons. The molecule has 24 heavy (non-hydrogen) atoms. The van der Waals surface area contributed by atoms with E-state index in [1.54, 1.807) is 19.2 Å². The van der Waals surface area contributed by atoms with Crippen LogP contribution < -0.4 is 9.64 Å². The number of anilines is 1. The van der Waals surface area contributed by atoms with Crippen LogP contribution in [0.25, 0.3) is 10.9 Å². The Morgan fingerprint density at radius 2 is 1.79 bits per heavy atom. The molecule has 2 aromatic carbocycles. The van der Waals surface area contributed by atoms with Crippen molar-refractivity contribution < 1.29 is 4.79 Å². The summed E-state index contributed by atoms with van der Waals surface area (Å²) in [5, 5.41) is 1.04. The smallest absolute Gasteiger partial charge is 0.245 e. The molecular weight excluding hydrogens is 320 g/mol. The first-order chi connectivity index (χ1) is 11.6. The van der Waals surface area contributed by atoms with Gasteiger partial charge in [-0.1, -0.05) is 53.8 Å². The highest BCUT2D eigenvalue weighted by Gasteiger charge is 2.14. The van der Waals surface area contributed by atoms with Crippen LogP contribution in [0, 0.1) is 0 Å². The quantitative estimate of drug-likeness (QED) is 0.713. The van der Waals surface area contributed by atoms with Crippen molar-refractivity contribution in [3.63, 3.8) is 0 Å². The zero-order chi connectivity index (χ0) is 16.9. The molecule has 0 atom stereocenters. The molecular formula is C19H18N2O2S. The van der Waals surface area contributed by atoms with Crippen molar-refractivity contribution in [2.24, 2.45) is 0 Å². The van der Waals surface area contributed by atoms with Crippen LogP contribution in [0.1, 0.15) is 18.4 Å². The molecule has 1 aromatic heterocycles. The van der Waals surface area contributed by atoms with Crippen LogP contribution in [0.15, 0.2) is 59.4 Å². The molecule has 5 heteroatoms. The van der Waals surface area contributed by atoms with Crippen LogP contribution in [0.4, 0.5) is 5.13 Å². The zero-order valence-corrected chi connectivity index (χ0v) is 14.3. The third-order valence-electron chi connectivity index (χ3n) is 3.88. The minimum Gasteiger partial charge on any atom is -0.291 e. The van der Waals surface area contributed by atoms with Crippen molar-refractivity contribution in [3.05, 3.63) is 69.7 Å². The van der Waals surface area contributed by atoms with Crippen LogP contribution in [0.5, 0.6) is 0 Å². The maximum atomic E-state index is 12.4. The second-order valence-electron chi connectivity index (χ2n) is 5.59. The fourth-order valence-corrected chi connectivity index (χ4v) is 3.34. The summed E-state index contributed by atoms with van der Waals surface area (Å²) in [5.41, 5.74) is 1.85. The highest BCUT2D eigenvalue weighted by atomic mass is 32.1. The summed E-state index contributed by atoms with van der Waals surface area (Å²) in [6.45, 7) is 0. The first kappa shape index (κ1) is 16.3. The van der Waals surface area contributed by atoms with E-state index in [4.69, 9.17) is 0 Å². The van der Waals surface area contributed by atoms with Gasteiger partial charge >= 0.3 is 0 Å². The number of hydrogen-bond acceptors (Lipinski definition) is 4. The van der Waals surface area contributed by atoms with Gasteiger partial charge in [0.05, 0.1) is 10.9 Å². The van der Waals surface area contributed by atoms with E-state index in [9.17, 15) is 9.59 Å². The number of amides is 1. The minimum atomic E-state index is -0.0699. The van der Waals surface area contributed by atoms with Crippen LogP contribution in [0.2, 0.25) is 0 Å². The van der Waals surface area contributed by atoms with Crippen LogP contribution in [0.3, 0.4) is 0 Å². The van der Waals surface area contributed by atoms with Crippen LogP contribution in [-0.2, 0) is 11.2 Å². The minimum absolute atomic E-state index is 0.0237. The van der Waals surface area contributed by atoms with Gasteiger partial charge < -0.3 is 0 Å². The molecule has 4 nitrogen and oxygen atoms in total. The number of aromatic nitrogens is 1. The van der Waals surface area contributed by atoms with E-state index in [2.05, 4.69) is 17.1 Å². The van der Waals surface area contributed by atoms with Crippen molar-refractivity contribution >= 4 is 33.3 Å². The Morgan fingerprint density at radius 3 is 2.58 bits per heavy atom. The molecule has 0 saturated heterocycles. The van der Waals surface area contributed by atoms with Gasteiger partial charge in [-0.15, -0.1) is 0 Å². The van der Waals surface area contributed by atoms with E-state index in [0.717, 1.165) is 24.2 Å². The molecule has 3 rings (SSSR count). The number of carbonyl (C=O) groups is 1. The van der Waals surface area contributed by atoms with Gasteiger partial charge in [0.15, 0.2) is 5.13 Å². The largest absolute Gasteiger partial charge is 0.291 e. The highest BCUT2D eigenvalue weighted by Crippen LogP contribution is 2.19. The van der Waals surface area contributed by atoms with Gasteiger partial charge in [0.1, 0.15) is 0 Å². The van der Waals surface area contributed by atoms with Gasteiger partial charge in [-0.2, -0.15) is 0 Å². The van der Waals surface area contributed by atoms with Gasteiger partial charge in [0.2, 0.25) is 10.6 Å².